The number of carbonyl (C=O) groups excluding carboxylic acids is 1. The number of hydrogen-bond acceptors (Lipinski definition) is 2. The lowest BCUT2D eigenvalue weighted by molar-refractivity contribution is -0.177. The van der Waals surface area contributed by atoms with Gasteiger partial charge in [0.2, 0.25) is 0 Å². The first-order chi connectivity index (χ1) is 10.4. The zero-order valence-electron chi connectivity index (χ0n) is 16.3. The van der Waals surface area contributed by atoms with E-state index >= 15 is 0 Å². The Kier molecular flexibility index (Phi) is 10.0. The van der Waals surface area contributed by atoms with Crippen LogP contribution in [0.2, 0.25) is 0 Å². The zero-order chi connectivity index (χ0) is 17.2. The maximum atomic E-state index is 12.8. The Balaban J connectivity index is 0.00000211. The summed E-state index contributed by atoms with van der Waals surface area (Å²) in [5.74, 6) is 0.625. The number of carbonyl (C=O) groups is 1. The molecule has 1 aliphatic rings. The summed E-state index contributed by atoms with van der Waals surface area (Å²) in [5, 5.41) is 0. The Labute approximate surface area is 139 Å². The fourth-order valence-corrected chi connectivity index (χ4v) is 3.33. The summed E-state index contributed by atoms with van der Waals surface area (Å²) in [6.45, 7) is 14.8. The van der Waals surface area contributed by atoms with Crippen molar-refractivity contribution in [3.8, 4) is 0 Å². The summed E-state index contributed by atoms with van der Waals surface area (Å²) in [6, 6.07) is 0. The van der Waals surface area contributed by atoms with Gasteiger partial charge in [-0.05, 0) is 57.8 Å². The van der Waals surface area contributed by atoms with Crippen molar-refractivity contribution < 1.29 is 9.53 Å². The van der Waals surface area contributed by atoms with E-state index in [1.165, 1.54) is 19.3 Å². The lowest BCUT2D eigenvalue weighted by Gasteiger charge is -2.39. The summed E-state index contributed by atoms with van der Waals surface area (Å²) in [7, 11) is 0. The van der Waals surface area contributed by atoms with Gasteiger partial charge in [-0.1, -0.05) is 54.4 Å². The van der Waals surface area contributed by atoms with Crippen molar-refractivity contribution in [2.45, 2.75) is 112 Å². The average molecular weight is 313 g/mol. The van der Waals surface area contributed by atoms with Crippen molar-refractivity contribution in [3.63, 3.8) is 0 Å². The number of esters is 1. The Morgan fingerprint density at radius 2 is 1.68 bits per heavy atom. The van der Waals surface area contributed by atoms with Gasteiger partial charge in [-0.2, -0.15) is 0 Å². The van der Waals surface area contributed by atoms with Crippen molar-refractivity contribution in [3.05, 3.63) is 0 Å². The van der Waals surface area contributed by atoms with Crippen molar-refractivity contribution in [1.82, 2.24) is 0 Å². The van der Waals surface area contributed by atoms with E-state index in [1.54, 1.807) is 0 Å². The summed E-state index contributed by atoms with van der Waals surface area (Å²) in [4.78, 5) is 12.8. The summed E-state index contributed by atoms with van der Waals surface area (Å²) in [6.07, 6.45) is 9.71. The molecule has 0 amide bonds. The second kappa shape index (κ2) is 10.3. The van der Waals surface area contributed by atoms with Gasteiger partial charge in [0.05, 0.1) is 5.41 Å². The molecule has 2 unspecified atom stereocenters. The van der Waals surface area contributed by atoms with Crippen LogP contribution in [-0.2, 0) is 9.53 Å². The average Bonchev–Trinajstić information content (AvgIpc) is 2.57. The van der Waals surface area contributed by atoms with Gasteiger partial charge in [0.15, 0.2) is 0 Å². The highest BCUT2D eigenvalue weighted by Gasteiger charge is 2.41. The Morgan fingerprint density at radius 3 is 2.09 bits per heavy atom. The maximum Gasteiger partial charge on any atom is 0.312 e. The van der Waals surface area contributed by atoms with Crippen LogP contribution in [0.1, 0.15) is 106 Å². The van der Waals surface area contributed by atoms with E-state index in [2.05, 4.69) is 34.6 Å². The SMILES string of the molecule is CC.CCC(C)CC(C)(CC)C(=O)OC1(CC)CCCCC1. The van der Waals surface area contributed by atoms with Gasteiger partial charge < -0.3 is 4.74 Å². The van der Waals surface area contributed by atoms with Crippen LogP contribution >= 0.6 is 0 Å². The fourth-order valence-electron chi connectivity index (χ4n) is 3.33. The van der Waals surface area contributed by atoms with Gasteiger partial charge in [0.1, 0.15) is 5.60 Å². The molecule has 0 radical (unpaired) electrons. The molecule has 0 saturated heterocycles. The highest BCUT2D eigenvalue weighted by Crippen LogP contribution is 2.39. The van der Waals surface area contributed by atoms with Crippen molar-refractivity contribution >= 4 is 5.97 Å². The lowest BCUT2D eigenvalue weighted by atomic mass is 9.77. The third-order valence-electron chi connectivity index (χ3n) is 5.49. The molecule has 2 nitrogen and oxygen atoms in total. The van der Waals surface area contributed by atoms with Gasteiger partial charge in [-0.25, -0.2) is 0 Å². The molecule has 2 heteroatoms. The molecule has 1 saturated carbocycles. The molecule has 0 aromatic rings. The highest BCUT2D eigenvalue weighted by atomic mass is 16.6. The predicted molar refractivity (Wildman–Crippen MR) is 96.0 cm³/mol. The minimum Gasteiger partial charge on any atom is -0.459 e. The second-order valence-corrected chi connectivity index (χ2v) is 7.12. The van der Waals surface area contributed by atoms with Crippen LogP contribution in [0.4, 0.5) is 0 Å². The monoisotopic (exact) mass is 312 g/mol. The van der Waals surface area contributed by atoms with E-state index in [1.807, 2.05) is 13.8 Å². The Hall–Kier alpha value is -0.530. The second-order valence-electron chi connectivity index (χ2n) is 7.12. The summed E-state index contributed by atoms with van der Waals surface area (Å²) < 4.78 is 6.09. The van der Waals surface area contributed by atoms with Crippen molar-refractivity contribution in [2.24, 2.45) is 11.3 Å². The molecule has 0 aliphatic heterocycles. The minimum absolute atomic E-state index is 0.0454. The molecule has 1 aliphatic carbocycles. The number of hydrogen-bond donors (Lipinski definition) is 0. The van der Waals surface area contributed by atoms with Crippen LogP contribution in [0, 0.1) is 11.3 Å². The van der Waals surface area contributed by atoms with E-state index in [0.717, 1.165) is 38.5 Å². The molecule has 0 heterocycles. The Morgan fingerprint density at radius 1 is 1.14 bits per heavy atom. The predicted octanol–water partition coefficient (Wildman–Crippen LogP) is 6.52. The zero-order valence-corrected chi connectivity index (χ0v) is 16.3. The van der Waals surface area contributed by atoms with Gasteiger partial charge >= 0.3 is 5.97 Å². The number of ether oxygens (including phenoxy) is 1. The minimum atomic E-state index is -0.310. The first kappa shape index (κ1) is 21.5. The third kappa shape index (κ3) is 5.93. The smallest absolute Gasteiger partial charge is 0.312 e. The molecular formula is C20H40O2. The van der Waals surface area contributed by atoms with E-state index < -0.39 is 0 Å². The molecule has 132 valence electrons. The molecule has 0 N–H and O–H groups in total. The lowest BCUT2D eigenvalue weighted by Crippen LogP contribution is -2.42. The Bertz CT molecular complexity index is 305. The topological polar surface area (TPSA) is 26.3 Å². The fraction of sp³-hybridized carbons (Fsp3) is 0.950. The maximum absolute atomic E-state index is 12.8. The molecule has 0 aromatic heterocycles. The van der Waals surface area contributed by atoms with E-state index in [9.17, 15) is 4.79 Å². The van der Waals surface area contributed by atoms with Crippen LogP contribution < -0.4 is 0 Å². The van der Waals surface area contributed by atoms with E-state index in [-0.39, 0.29) is 17.0 Å². The van der Waals surface area contributed by atoms with Crippen LogP contribution in [0.3, 0.4) is 0 Å². The molecule has 1 fully saturated rings. The van der Waals surface area contributed by atoms with Gasteiger partial charge in [0, 0.05) is 0 Å². The highest BCUT2D eigenvalue weighted by molar-refractivity contribution is 5.76. The van der Waals surface area contributed by atoms with Gasteiger partial charge in [0.25, 0.3) is 0 Å². The molecule has 0 bridgehead atoms. The molecule has 0 aromatic carbocycles. The van der Waals surface area contributed by atoms with Crippen molar-refractivity contribution in [2.75, 3.05) is 0 Å². The number of rotatable bonds is 7. The largest absolute Gasteiger partial charge is 0.459 e. The first-order valence-corrected chi connectivity index (χ1v) is 9.65. The third-order valence-corrected chi connectivity index (χ3v) is 5.49. The molecular weight excluding hydrogens is 272 g/mol. The van der Waals surface area contributed by atoms with Crippen molar-refractivity contribution in [1.29, 1.82) is 0 Å². The van der Waals surface area contributed by atoms with Crippen LogP contribution in [0.25, 0.3) is 0 Å². The molecule has 22 heavy (non-hydrogen) atoms. The van der Waals surface area contributed by atoms with Crippen LogP contribution in [0.5, 0.6) is 0 Å². The summed E-state index contributed by atoms with van der Waals surface area (Å²) >= 11 is 0. The van der Waals surface area contributed by atoms with E-state index in [0.29, 0.717) is 5.92 Å². The van der Waals surface area contributed by atoms with Crippen LogP contribution in [0.15, 0.2) is 0 Å². The molecule has 2 atom stereocenters. The van der Waals surface area contributed by atoms with Crippen LogP contribution in [-0.4, -0.2) is 11.6 Å². The quantitative estimate of drug-likeness (QED) is 0.500. The molecule has 1 rings (SSSR count). The normalized spacial score (nSPS) is 21.0. The standard InChI is InChI=1S/C18H34O2.C2H6/c1-6-15(4)14-17(5,7-2)16(19)20-18(8-3)12-10-9-11-13-18;1-2/h15H,6-14H2,1-5H3;1-2H3. The van der Waals surface area contributed by atoms with Gasteiger partial charge in [-0.15, -0.1) is 0 Å². The first-order valence-electron chi connectivity index (χ1n) is 9.65. The summed E-state index contributed by atoms with van der Waals surface area (Å²) in [5.41, 5.74) is -0.476. The van der Waals surface area contributed by atoms with E-state index in [4.69, 9.17) is 4.74 Å². The molecule has 0 spiro atoms. The van der Waals surface area contributed by atoms with Gasteiger partial charge in [-0.3, -0.25) is 4.79 Å².